The van der Waals surface area contributed by atoms with Gasteiger partial charge in [-0.05, 0) is 50.3 Å². The molecule has 5 nitrogen and oxygen atoms in total. The molecular weight excluding hydrogens is 368 g/mol. The van der Waals surface area contributed by atoms with Crippen molar-refractivity contribution in [3.05, 3.63) is 45.0 Å². The fraction of sp³-hybridized carbons (Fsp3) is 0.474. The van der Waals surface area contributed by atoms with Gasteiger partial charge < -0.3 is 9.15 Å². The monoisotopic (exact) mass is 390 g/mol. The highest BCUT2D eigenvalue weighted by Gasteiger charge is 2.22. The van der Waals surface area contributed by atoms with Crippen molar-refractivity contribution >= 4 is 33.3 Å². The van der Waals surface area contributed by atoms with Gasteiger partial charge in [0.25, 0.3) is 5.56 Å². The molecule has 0 bridgehead atoms. The van der Waals surface area contributed by atoms with Crippen LogP contribution in [0, 0.1) is 0 Å². The zero-order valence-electron chi connectivity index (χ0n) is 14.8. The number of fused-ring (bicyclic) bond motifs is 3. The Balaban J connectivity index is 1.77. The highest BCUT2D eigenvalue weighted by atomic mass is 32.2. The lowest BCUT2D eigenvalue weighted by Gasteiger charge is -2.12. The third kappa shape index (κ3) is 3.48. The molecule has 0 aromatic carbocycles. The maximum atomic E-state index is 13.3. The number of aryl methyl sites for hydroxylation is 2. The van der Waals surface area contributed by atoms with Crippen molar-refractivity contribution in [3.63, 3.8) is 0 Å². The molecule has 0 saturated carbocycles. The second kappa shape index (κ2) is 7.98. The van der Waals surface area contributed by atoms with Gasteiger partial charge in [0.05, 0.1) is 24.8 Å². The van der Waals surface area contributed by atoms with E-state index in [9.17, 15) is 4.79 Å². The normalized spacial score (nSPS) is 14.0. The van der Waals surface area contributed by atoms with Gasteiger partial charge in [-0.3, -0.25) is 9.36 Å². The van der Waals surface area contributed by atoms with Crippen LogP contribution in [-0.2, 0) is 24.1 Å². The van der Waals surface area contributed by atoms with E-state index < -0.39 is 0 Å². The predicted molar refractivity (Wildman–Crippen MR) is 106 cm³/mol. The third-order valence-corrected chi connectivity index (χ3v) is 6.72. The Kier molecular flexibility index (Phi) is 5.47. The fourth-order valence-corrected chi connectivity index (χ4v) is 5.52. The summed E-state index contributed by atoms with van der Waals surface area (Å²) in [5, 5.41) is 1.57. The van der Waals surface area contributed by atoms with Crippen LogP contribution in [0.15, 0.2) is 32.8 Å². The molecule has 7 heteroatoms. The van der Waals surface area contributed by atoms with E-state index in [1.807, 2.05) is 19.1 Å². The standard InChI is InChI=1S/C19H22N2O3S2/c1-2-23-10-11-25-19-20-17-16(14-7-3-4-8-15(14)26-17)18(22)21(19)12-13-6-5-9-24-13/h5-6,9H,2-4,7-8,10-12H2,1H3. The van der Waals surface area contributed by atoms with Crippen LogP contribution in [0.3, 0.4) is 0 Å². The van der Waals surface area contributed by atoms with Crippen LogP contribution in [0.25, 0.3) is 10.2 Å². The first kappa shape index (κ1) is 17.8. The van der Waals surface area contributed by atoms with Crippen LogP contribution >= 0.6 is 23.1 Å². The number of rotatable bonds is 7. The lowest BCUT2D eigenvalue weighted by atomic mass is 9.97. The van der Waals surface area contributed by atoms with Crippen LogP contribution < -0.4 is 5.56 Å². The molecule has 138 valence electrons. The molecule has 4 rings (SSSR count). The van der Waals surface area contributed by atoms with Gasteiger partial charge in [0.1, 0.15) is 10.6 Å². The van der Waals surface area contributed by atoms with Crippen molar-refractivity contribution < 1.29 is 9.15 Å². The van der Waals surface area contributed by atoms with Gasteiger partial charge in [-0.1, -0.05) is 11.8 Å². The Morgan fingerprint density at radius 3 is 3.08 bits per heavy atom. The lowest BCUT2D eigenvalue weighted by molar-refractivity contribution is 0.164. The average molecular weight is 391 g/mol. The SMILES string of the molecule is CCOCCSc1nc2sc3c(c2c(=O)n1Cc1ccco1)CCCC3. The second-order valence-corrected chi connectivity index (χ2v) is 8.45. The molecule has 26 heavy (non-hydrogen) atoms. The van der Waals surface area contributed by atoms with Gasteiger partial charge in [0.15, 0.2) is 5.16 Å². The molecule has 0 saturated heterocycles. The van der Waals surface area contributed by atoms with E-state index in [1.165, 1.54) is 16.9 Å². The average Bonchev–Trinajstić information content (AvgIpc) is 3.28. The van der Waals surface area contributed by atoms with Crippen LogP contribution in [0.2, 0.25) is 0 Å². The first-order valence-electron chi connectivity index (χ1n) is 9.06. The van der Waals surface area contributed by atoms with Crippen molar-refractivity contribution in [2.45, 2.75) is 44.3 Å². The van der Waals surface area contributed by atoms with Gasteiger partial charge in [-0.15, -0.1) is 11.3 Å². The smallest absolute Gasteiger partial charge is 0.263 e. The fourth-order valence-electron chi connectivity index (χ4n) is 3.36. The zero-order chi connectivity index (χ0) is 17.9. The summed E-state index contributed by atoms with van der Waals surface area (Å²) in [7, 11) is 0. The maximum Gasteiger partial charge on any atom is 0.263 e. The molecule has 3 aromatic heterocycles. The Bertz CT molecular complexity index is 944. The summed E-state index contributed by atoms with van der Waals surface area (Å²) in [6.07, 6.45) is 6.06. The summed E-state index contributed by atoms with van der Waals surface area (Å²) in [6.45, 7) is 3.75. The number of hydrogen-bond acceptors (Lipinski definition) is 6. The highest BCUT2D eigenvalue weighted by Crippen LogP contribution is 2.34. The highest BCUT2D eigenvalue weighted by molar-refractivity contribution is 7.99. The van der Waals surface area contributed by atoms with Crippen molar-refractivity contribution in [2.75, 3.05) is 19.0 Å². The molecule has 3 heterocycles. The summed E-state index contributed by atoms with van der Waals surface area (Å²) >= 11 is 3.27. The topological polar surface area (TPSA) is 57.3 Å². The van der Waals surface area contributed by atoms with Crippen LogP contribution in [-0.4, -0.2) is 28.5 Å². The van der Waals surface area contributed by atoms with Crippen molar-refractivity contribution in [3.8, 4) is 0 Å². The van der Waals surface area contributed by atoms with E-state index in [2.05, 4.69) is 0 Å². The second-order valence-electron chi connectivity index (χ2n) is 6.30. The van der Waals surface area contributed by atoms with E-state index in [4.69, 9.17) is 14.1 Å². The van der Waals surface area contributed by atoms with E-state index in [-0.39, 0.29) is 5.56 Å². The van der Waals surface area contributed by atoms with Gasteiger partial charge in [0.2, 0.25) is 0 Å². The van der Waals surface area contributed by atoms with Gasteiger partial charge >= 0.3 is 0 Å². The minimum absolute atomic E-state index is 0.0599. The Morgan fingerprint density at radius 1 is 1.38 bits per heavy atom. The summed E-state index contributed by atoms with van der Waals surface area (Å²) in [4.78, 5) is 20.4. The molecule has 0 amide bonds. The van der Waals surface area contributed by atoms with Gasteiger partial charge in [-0.2, -0.15) is 0 Å². The number of aromatic nitrogens is 2. The first-order chi connectivity index (χ1) is 12.8. The number of furan rings is 1. The summed E-state index contributed by atoms with van der Waals surface area (Å²) in [5.74, 6) is 1.54. The number of nitrogens with zero attached hydrogens (tertiary/aromatic N) is 2. The Hall–Kier alpha value is -1.57. The number of ether oxygens (including phenoxy) is 1. The number of thioether (sulfide) groups is 1. The van der Waals surface area contributed by atoms with Crippen LogP contribution in [0.1, 0.15) is 36.0 Å². The lowest BCUT2D eigenvalue weighted by Crippen LogP contribution is -2.24. The van der Waals surface area contributed by atoms with Crippen LogP contribution in [0.4, 0.5) is 0 Å². The minimum atomic E-state index is 0.0599. The molecule has 0 N–H and O–H groups in total. The van der Waals surface area contributed by atoms with Gasteiger partial charge in [-0.25, -0.2) is 4.98 Å². The molecule has 0 atom stereocenters. The van der Waals surface area contributed by atoms with E-state index in [0.29, 0.717) is 19.8 Å². The largest absolute Gasteiger partial charge is 0.467 e. The van der Waals surface area contributed by atoms with E-state index >= 15 is 0 Å². The van der Waals surface area contributed by atoms with Crippen molar-refractivity contribution in [1.29, 1.82) is 0 Å². The molecule has 0 aliphatic heterocycles. The molecule has 1 aliphatic rings. The molecule has 0 radical (unpaired) electrons. The summed E-state index contributed by atoms with van der Waals surface area (Å²) < 4.78 is 12.7. The van der Waals surface area contributed by atoms with E-state index in [0.717, 1.165) is 46.1 Å². The van der Waals surface area contributed by atoms with Crippen LogP contribution in [0.5, 0.6) is 0 Å². The van der Waals surface area contributed by atoms with Crippen molar-refractivity contribution in [1.82, 2.24) is 9.55 Å². The number of hydrogen-bond donors (Lipinski definition) is 0. The first-order valence-corrected chi connectivity index (χ1v) is 10.9. The predicted octanol–water partition coefficient (Wildman–Crippen LogP) is 4.11. The Labute approximate surface area is 160 Å². The van der Waals surface area contributed by atoms with Crippen molar-refractivity contribution in [2.24, 2.45) is 0 Å². The Morgan fingerprint density at radius 2 is 2.27 bits per heavy atom. The third-order valence-electron chi connectivity index (χ3n) is 4.60. The minimum Gasteiger partial charge on any atom is -0.467 e. The molecule has 0 spiro atoms. The molecular formula is C19H22N2O3S2. The quantitative estimate of drug-likeness (QED) is 0.345. The summed E-state index contributed by atoms with van der Waals surface area (Å²) in [5.41, 5.74) is 1.29. The van der Waals surface area contributed by atoms with E-state index in [1.54, 1.807) is 33.9 Å². The molecule has 3 aromatic rings. The molecule has 0 unspecified atom stereocenters. The molecule has 1 aliphatic carbocycles. The van der Waals surface area contributed by atoms with Gasteiger partial charge in [0, 0.05) is 17.2 Å². The maximum absolute atomic E-state index is 13.3. The zero-order valence-corrected chi connectivity index (χ0v) is 16.5. The summed E-state index contributed by atoms with van der Waals surface area (Å²) in [6, 6.07) is 3.75. The molecule has 0 fully saturated rings. The number of thiophene rings is 1.